The largest absolute Gasteiger partial charge is 0.386 e. The van der Waals surface area contributed by atoms with E-state index in [9.17, 15) is 9.90 Å². The zero-order chi connectivity index (χ0) is 16.5. The number of aliphatic hydroxyl groups is 1. The van der Waals surface area contributed by atoms with E-state index < -0.39 is 5.60 Å². The first-order valence-corrected chi connectivity index (χ1v) is 7.66. The van der Waals surface area contributed by atoms with Crippen LogP contribution >= 0.6 is 0 Å². The van der Waals surface area contributed by atoms with Gasteiger partial charge in [0.25, 0.3) is 5.56 Å². The van der Waals surface area contributed by atoms with Crippen LogP contribution in [0, 0.1) is 13.8 Å². The lowest BCUT2D eigenvalue weighted by molar-refractivity contribution is 0.0761. The van der Waals surface area contributed by atoms with Crippen LogP contribution in [0.1, 0.15) is 43.9 Å². The van der Waals surface area contributed by atoms with E-state index in [1.165, 1.54) is 10.2 Å². The van der Waals surface area contributed by atoms with Crippen molar-refractivity contribution in [1.29, 1.82) is 0 Å². The van der Waals surface area contributed by atoms with Gasteiger partial charge in [0.15, 0.2) is 0 Å². The van der Waals surface area contributed by atoms with E-state index in [1.54, 1.807) is 19.9 Å². The maximum absolute atomic E-state index is 12.5. The fourth-order valence-electron chi connectivity index (χ4n) is 2.58. The van der Waals surface area contributed by atoms with E-state index in [0.717, 1.165) is 23.2 Å². The van der Waals surface area contributed by atoms with Crippen LogP contribution in [0.5, 0.6) is 0 Å². The SMILES string of the molecule is CCCn1nc(-c2ccc(C)cc2C)cc(C(C)(C)O)c1=O. The van der Waals surface area contributed by atoms with Gasteiger partial charge in [-0.15, -0.1) is 0 Å². The summed E-state index contributed by atoms with van der Waals surface area (Å²) in [5, 5.41) is 14.8. The summed E-state index contributed by atoms with van der Waals surface area (Å²) in [5.74, 6) is 0. The summed E-state index contributed by atoms with van der Waals surface area (Å²) >= 11 is 0. The van der Waals surface area contributed by atoms with Gasteiger partial charge in [0.2, 0.25) is 0 Å². The number of hydrogen-bond donors (Lipinski definition) is 1. The Bertz CT molecular complexity index is 740. The Hall–Kier alpha value is -1.94. The second-order valence-corrected chi connectivity index (χ2v) is 6.35. The fraction of sp³-hybridized carbons (Fsp3) is 0.444. The first kappa shape index (κ1) is 16.4. The van der Waals surface area contributed by atoms with Crippen LogP contribution in [0.3, 0.4) is 0 Å². The molecule has 0 fully saturated rings. The highest BCUT2D eigenvalue weighted by atomic mass is 16.3. The van der Waals surface area contributed by atoms with Gasteiger partial charge >= 0.3 is 0 Å². The predicted octanol–water partition coefficient (Wildman–Crippen LogP) is 3.16. The highest BCUT2D eigenvalue weighted by molar-refractivity contribution is 5.64. The monoisotopic (exact) mass is 300 g/mol. The molecule has 1 aromatic heterocycles. The summed E-state index contributed by atoms with van der Waals surface area (Å²) in [7, 11) is 0. The molecule has 0 unspecified atom stereocenters. The standard InChI is InChI=1S/C18H24N2O2/c1-6-9-20-17(21)15(18(4,5)22)11-16(19-20)14-8-7-12(2)10-13(14)3/h7-8,10-11,22H,6,9H2,1-5H3. The van der Waals surface area contributed by atoms with Crippen molar-refractivity contribution in [2.24, 2.45) is 0 Å². The Morgan fingerprint density at radius 2 is 1.91 bits per heavy atom. The molecule has 2 rings (SSSR count). The maximum Gasteiger partial charge on any atom is 0.272 e. The number of benzene rings is 1. The molecule has 0 spiro atoms. The summed E-state index contributed by atoms with van der Waals surface area (Å²) in [5.41, 5.74) is 2.97. The highest BCUT2D eigenvalue weighted by Crippen LogP contribution is 2.25. The Balaban J connectivity index is 2.71. The van der Waals surface area contributed by atoms with Gasteiger partial charge < -0.3 is 5.11 Å². The second kappa shape index (κ2) is 6.05. The number of aromatic nitrogens is 2. The third-order valence-electron chi connectivity index (χ3n) is 3.73. The lowest BCUT2D eigenvalue weighted by atomic mass is 9.96. The summed E-state index contributed by atoms with van der Waals surface area (Å²) < 4.78 is 1.46. The van der Waals surface area contributed by atoms with Crippen LogP contribution in [0.4, 0.5) is 0 Å². The quantitative estimate of drug-likeness (QED) is 0.943. The smallest absolute Gasteiger partial charge is 0.272 e. The number of rotatable bonds is 4. The van der Waals surface area contributed by atoms with Crippen LogP contribution in [0.15, 0.2) is 29.1 Å². The highest BCUT2D eigenvalue weighted by Gasteiger charge is 2.23. The van der Waals surface area contributed by atoms with Gasteiger partial charge in [0.05, 0.1) is 16.9 Å². The molecule has 1 aromatic carbocycles. The first-order valence-electron chi connectivity index (χ1n) is 7.66. The first-order chi connectivity index (χ1) is 10.2. The molecule has 0 radical (unpaired) electrons. The van der Waals surface area contributed by atoms with E-state index in [0.29, 0.717) is 12.1 Å². The normalized spacial score (nSPS) is 11.7. The molecule has 0 atom stereocenters. The average Bonchev–Trinajstić information content (AvgIpc) is 2.40. The van der Waals surface area contributed by atoms with E-state index in [1.807, 2.05) is 32.9 Å². The van der Waals surface area contributed by atoms with Crippen molar-refractivity contribution in [3.05, 3.63) is 51.3 Å². The topological polar surface area (TPSA) is 55.1 Å². The molecule has 0 aliphatic heterocycles. The average molecular weight is 300 g/mol. The summed E-state index contributed by atoms with van der Waals surface area (Å²) in [6.07, 6.45) is 0.814. The third-order valence-corrected chi connectivity index (χ3v) is 3.73. The lowest BCUT2D eigenvalue weighted by Crippen LogP contribution is -2.33. The van der Waals surface area contributed by atoms with Crippen LogP contribution in [0.25, 0.3) is 11.3 Å². The molecular weight excluding hydrogens is 276 g/mol. The minimum absolute atomic E-state index is 0.220. The molecule has 4 nitrogen and oxygen atoms in total. The maximum atomic E-state index is 12.5. The lowest BCUT2D eigenvalue weighted by Gasteiger charge is -2.19. The van der Waals surface area contributed by atoms with Gasteiger partial charge in [-0.1, -0.05) is 30.7 Å². The zero-order valence-electron chi connectivity index (χ0n) is 14.0. The van der Waals surface area contributed by atoms with Crippen molar-refractivity contribution in [1.82, 2.24) is 9.78 Å². The van der Waals surface area contributed by atoms with Gasteiger partial charge in [-0.05, 0) is 45.7 Å². The molecule has 0 amide bonds. The summed E-state index contributed by atoms with van der Waals surface area (Å²) in [6.45, 7) is 9.88. The van der Waals surface area contributed by atoms with E-state index in [4.69, 9.17) is 0 Å². The molecule has 22 heavy (non-hydrogen) atoms. The fourth-order valence-corrected chi connectivity index (χ4v) is 2.58. The van der Waals surface area contributed by atoms with Gasteiger partial charge in [-0.25, -0.2) is 4.68 Å². The second-order valence-electron chi connectivity index (χ2n) is 6.35. The van der Waals surface area contributed by atoms with Crippen LogP contribution < -0.4 is 5.56 Å². The van der Waals surface area contributed by atoms with Crippen LogP contribution in [0.2, 0.25) is 0 Å². The molecule has 0 bridgehead atoms. The van der Waals surface area contributed by atoms with Gasteiger partial charge in [-0.2, -0.15) is 5.10 Å². The van der Waals surface area contributed by atoms with Gasteiger partial charge in [-0.3, -0.25) is 4.79 Å². The summed E-state index contributed by atoms with van der Waals surface area (Å²) in [4.78, 5) is 12.5. The van der Waals surface area contributed by atoms with Gasteiger partial charge in [0.1, 0.15) is 0 Å². The molecule has 0 aliphatic rings. The molecular formula is C18H24N2O2. The molecule has 0 saturated heterocycles. The van der Waals surface area contributed by atoms with Crippen molar-refractivity contribution in [2.75, 3.05) is 0 Å². The molecule has 2 aromatic rings. The van der Waals surface area contributed by atoms with Crippen molar-refractivity contribution in [3.8, 4) is 11.3 Å². The molecule has 0 saturated carbocycles. The van der Waals surface area contributed by atoms with Crippen LogP contribution in [-0.2, 0) is 12.1 Å². The number of hydrogen-bond acceptors (Lipinski definition) is 3. The molecule has 0 aliphatic carbocycles. The van der Waals surface area contributed by atoms with Crippen molar-refractivity contribution >= 4 is 0 Å². The molecule has 1 heterocycles. The number of aryl methyl sites for hydroxylation is 3. The number of nitrogens with zero attached hydrogens (tertiary/aromatic N) is 2. The zero-order valence-corrected chi connectivity index (χ0v) is 14.0. The van der Waals surface area contributed by atoms with Crippen molar-refractivity contribution in [3.63, 3.8) is 0 Å². The molecule has 4 heteroatoms. The van der Waals surface area contributed by atoms with E-state index >= 15 is 0 Å². The minimum atomic E-state index is -1.19. The van der Waals surface area contributed by atoms with E-state index in [-0.39, 0.29) is 5.56 Å². The van der Waals surface area contributed by atoms with Crippen LogP contribution in [-0.4, -0.2) is 14.9 Å². The Labute approximate surface area is 131 Å². The third kappa shape index (κ3) is 3.28. The minimum Gasteiger partial charge on any atom is -0.386 e. The van der Waals surface area contributed by atoms with Crippen molar-refractivity contribution in [2.45, 2.75) is 53.2 Å². The molecule has 118 valence electrons. The Morgan fingerprint density at radius 3 is 2.45 bits per heavy atom. The van der Waals surface area contributed by atoms with Gasteiger partial charge in [0, 0.05) is 12.1 Å². The van der Waals surface area contributed by atoms with E-state index in [2.05, 4.69) is 11.2 Å². The molecule has 1 N–H and O–H groups in total. The Morgan fingerprint density at radius 1 is 1.23 bits per heavy atom. The predicted molar refractivity (Wildman–Crippen MR) is 88.9 cm³/mol. The Kier molecular flexibility index (Phi) is 4.52. The summed E-state index contributed by atoms with van der Waals surface area (Å²) in [6, 6.07) is 7.85. The van der Waals surface area contributed by atoms with Crippen molar-refractivity contribution < 1.29 is 5.11 Å².